The predicted octanol–water partition coefficient (Wildman–Crippen LogP) is 2.25. The van der Waals surface area contributed by atoms with E-state index in [1.54, 1.807) is 34.0 Å². The lowest BCUT2D eigenvalue weighted by molar-refractivity contribution is 0.0946. The Kier molecular flexibility index (Phi) is 5.15. The lowest BCUT2D eigenvalue weighted by Gasteiger charge is -2.05. The molecule has 0 radical (unpaired) electrons. The SMILES string of the molecule is Cn1cc(-c2cnc(-c3ccnn3C)nc2)cc1C(=O)NCCc1ccccn1. The number of hydrogen-bond acceptors (Lipinski definition) is 5. The fraction of sp³-hybridized carbons (Fsp3) is 0.190. The van der Waals surface area contributed by atoms with Gasteiger partial charge in [-0.25, -0.2) is 9.97 Å². The molecule has 0 aliphatic heterocycles. The molecule has 0 aliphatic rings. The van der Waals surface area contributed by atoms with E-state index in [0.717, 1.165) is 22.5 Å². The van der Waals surface area contributed by atoms with Crippen LogP contribution in [0.5, 0.6) is 0 Å². The van der Waals surface area contributed by atoms with Crippen molar-refractivity contribution < 1.29 is 4.79 Å². The molecule has 4 aromatic rings. The topological polar surface area (TPSA) is 90.5 Å². The average Bonchev–Trinajstić information content (AvgIpc) is 3.34. The van der Waals surface area contributed by atoms with Gasteiger partial charge < -0.3 is 9.88 Å². The van der Waals surface area contributed by atoms with Crippen molar-refractivity contribution in [1.82, 2.24) is 34.6 Å². The maximum atomic E-state index is 12.6. The summed E-state index contributed by atoms with van der Waals surface area (Å²) in [6.07, 6.45) is 9.56. The van der Waals surface area contributed by atoms with Gasteiger partial charge in [0.05, 0.1) is 0 Å². The van der Waals surface area contributed by atoms with E-state index >= 15 is 0 Å². The molecule has 146 valence electrons. The first-order valence-electron chi connectivity index (χ1n) is 9.27. The number of nitrogens with zero attached hydrogens (tertiary/aromatic N) is 6. The molecule has 29 heavy (non-hydrogen) atoms. The molecular formula is C21H21N7O. The van der Waals surface area contributed by atoms with Crippen LogP contribution in [-0.2, 0) is 20.5 Å². The normalized spacial score (nSPS) is 10.8. The minimum Gasteiger partial charge on any atom is -0.350 e. The summed E-state index contributed by atoms with van der Waals surface area (Å²) in [6.45, 7) is 0.527. The van der Waals surface area contributed by atoms with Crippen molar-refractivity contribution in [3.8, 4) is 22.6 Å². The van der Waals surface area contributed by atoms with Gasteiger partial charge >= 0.3 is 0 Å². The predicted molar refractivity (Wildman–Crippen MR) is 109 cm³/mol. The third-order valence-corrected chi connectivity index (χ3v) is 4.67. The fourth-order valence-electron chi connectivity index (χ4n) is 3.09. The molecule has 0 atom stereocenters. The molecule has 0 fully saturated rings. The molecule has 0 unspecified atom stereocenters. The van der Waals surface area contributed by atoms with Crippen LogP contribution in [0.25, 0.3) is 22.6 Å². The number of aryl methyl sites for hydroxylation is 2. The number of carbonyl (C=O) groups is 1. The largest absolute Gasteiger partial charge is 0.350 e. The van der Waals surface area contributed by atoms with Crippen LogP contribution in [0, 0.1) is 0 Å². The number of amides is 1. The summed E-state index contributed by atoms with van der Waals surface area (Å²) >= 11 is 0. The number of pyridine rings is 1. The minimum absolute atomic E-state index is 0.123. The zero-order chi connectivity index (χ0) is 20.2. The Bertz CT molecular complexity index is 1110. The van der Waals surface area contributed by atoms with Crippen molar-refractivity contribution in [2.45, 2.75) is 6.42 Å². The van der Waals surface area contributed by atoms with Gasteiger partial charge in [0.1, 0.15) is 11.4 Å². The molecular weight excluding hydrogens is 366 g/mol. The molecule has 0 spiro atoms. The van der Waals surface area contributed by atoms with Crippen molar-refractivity contribution in [2.75, 3.05) is 6.54 Å². The van der Waals surface area contributed by atoms with Crippen molar-refractivity contribution in [2.24, 2.45) is 14.1 Å². The molecule has 1 N–H and O–H groups in total. The van der Waals surface area contributed by atoms with Gasteiger partial charge in [0, 0.05) is 74.9 Å². The first-order chi connectivity index (χ1) is 14.1. The average molecular weight is 387 g/mol. The Morgan fingerprint density at radius 2 is 1.86 bits per heavy atom. The van der Waals surface area contributed by atoms with Gasteiger partial charge in [0.25, 0.3) is 5.91 Å². The van der Waals surface area contributed by atoms with Crippen LogP contribution in [-0.4, -0.2) is 41.8 Å². The number of aromatic nitrogens is 6. The summed E-state index contributed by atoms with van der Waals surface area (Å²) in [4.78, 5) is 25.7. The molecule has 0 saturated heterocycles. The number of nitrogens with one attached hydrogen (secondary N) is 1. The standard InChI is InChI=1S/C21H21N7O/c1-27-14-15(16-12-24-20(25-13-16)18-7-10-26-28(18)2)11-19(27)21(29)23-9-6-17-5-3-4-8-22-17/h3-5,7-8,10-14H,6,9H2,1-2H3,(H,23,29). The van der Waals surface area contributed by atoms with E-state index in [9.17, 15) is 4.79 Å². The smallest absolute Gasteiger partial charge is 0.267 e. The lowest BCUT2D eigenvalue weighted by atomic mass is 10.2. The van der Waals surface area contributed by atoms with Crippen molar-refractivity contribution in [1.29, 1.82) is 0 Å². The zero-order valence-corrected chi connectivity index (χ0v) is 16.3. The number of carbonyl (C=O) groups excluding carboxylic acids is 1. The number of rotatable bonds is 6. The first kappa shape index (κ1) is 18.5. The molecule has 4 rings (SSSR count). The monoisotopic (exact) mass is 387 g/mol. The molecule has 4 heterocycles. The third-order valence-electron chi connectivity index (χ3n) is 4.67. The molecule has 4 aromatic heterocycles. The van der Waals surface area contributed by atoms with E-state index < -0.39 is 0 Å². The van der Waals surface area contributed by atoms with E-state index in [2.05, 4.69) is 25.4 Å². The summed E-state index contributed by atoms with van der Waals surface area (Å²) in [7, 11) is 3.70. The molecule has 0 saturated carbocycles. The minimum atomic E-state index is -0.123. The van der Waals surface area contributed by atoms with Crippen LogP contribution in [0.15, 0.2) is 61.3 Å². The second-order valence-electron chi connectivity index (χ2n) is 6.69. The first-order valence-corrected chi connectivity index (χ1v) is 9.27. The van der Waals surface area contributed by atoms with Crippen LogP contribution in [0.3, 0.4) is 0 Å². The van der Waals surface area contributed by atoms with Crippen LogP contribution >= 0.6 is 0 Å². The molecule has 0 bridgehead atoms. The Hall–Kier alpha value is -3.81. The van der Waals surface area contributed by atoms with Gasteiger partial charge in [0.2, 0.25) is 0 Å². The Morgan fingerprint density at radius 1 is 1.03 bits per heavy atom. The maximum Gasteiger partial charge on any atom is 0.267 e. The zero-order valence-electron chi connectivity index (χ0n) is 16.3. The van der Waals surface area contributed by atoms with Crippen LogP contribution in [0.4, 0.5) is 0 Å². The Morgan fingerprint density at radius 3 is 2.55 bits per heavy atom. The quantitative estimate of drug-likeness (QED) is 0.548. The second kappa shape index (κ2) is 8.05. The van der Waals surface area contributed by atoms with Gasteiger partial charge in [-0.2, -0.15) is 5.10 Å². The van der Waals surface area contributed by atoms with E-state index in [1.165, 1.54) is 0 Å². The van der Waals surface area contributed by atoms with Crippen LogP contribution in [0.2, 0.25) is 0 Å². The summed E-state index contributed by atoms with van der Waals surface area (Å²) in [5.41, 5.74) is 4.11. The van der Waals surface area contributed by atoms with Crippen LogP contribution in [0.1, 0.15) is 16.2 Å². The fourth-order valence-corrected chi connectivity index (χ4v) is 3.09. The van der Waals surface area contributed by atoms with Gasteiger partial charge in [-0.1, -0.05) is 6.07 Å². The van der Waals surface area contributed by atoms with E-state index in [0.29, 0.717) is 24.5 Å². The van der Waals surface area contributed by atoms with Crippen LogP contribution < -0.4 is 5.32 Å². The van der Waals surface area contributed by atoms with Gasteiger partial charge in [-0.15, -0.1) is 0 Å². The Labute approximate surface area is 168 Å². The molecule has 0 aromatic carbocycles. The van der Waals surface area contributed by atoms with E-state index in [4.69, 9.17) is 0 Å². The van der Waals surface area contributed by atoms with Crippen molar-refractivity contribution in [3.63, 3.8) is 0 Å². The molecule has 8 nitrogen and oxygen atoms in total. The number of hydrogen-bond donors (Lipinski definition) is 1. The highest BCUT2D eigenvalue weighted by Gasteiger charge is 2.14. The van der Waals surface area contributed by atoms with E-state index in [1.807, 2.05) is 50.6 Å². The van der Waals surface area contributed by atoms with Gasteiger partial charge in [-0.05, 0) is 24.3 Å². The summed E-state index contributed by atoms with van der Waals surface area (Å²) < 4.78 is 3.53. The highest BCUT2D eigenvalue weighted by Crippen LogP contribution is 2.22. The summed E-state index contributed by atoms with van der Waals surface area (Å²) in [6, 6.07) is 9.47. The van der Waals surface area contributed by atoms with Crippen molar-refractivity contribution >= 4 is 5.91 Å². The van der Waals surface area contributed by atoms with Crippen molar-refractivity contribution in [3.05, 3.63) is 72.7 Å². The molecule has 8 heteroatoms. The summed E-state index contributed by atoms with van der Waals surface area (Å²) in [5.74, 6) is 0.485. The second-order valence-corrected chi connectivity index (χ2v) is 6.69. The molecule has 1 amide bonds. The van der Waals surface area contributed by atoms with E-state index in [-0.39, 0.29) is 5.91 Å². The summed E-state index contributed by atoms with van der Waals surface area (Å²) in [5, 5.41) is 7.08. The Balaban J connectivity index is 1.44. The maximum absolute atomic E-state index is 12.6. The van der Waals surface area contributed by atoms with Gasteiger partial charge in [0.15, 0.2) is 5.82 Å². The lowest BCUT2D eigenvalue weighted by Crippen LogP contribution is -2.27. The highest BCUT2D eigenvalue weighted by atomic mass is 16.1. The third kappa shape index (κ3) is 4.06. The van der Waals surface area contributed by atoms with Gasteiger partial charge in [-0.3, -0.25) is 14.5 Å². The highest BCUT2D eigenvalue weighted by molar-refractivity contribution is 5.94. The molecule has 0 aliphatic carbocycles.